The Balaban J connectivity index is 2.18. The van der Waals surface area contributed by atoms with Crippen molar-refractivity contribution in [3.63, 3.8) is 0 Å². The largest absolute Gasteiger partial charge is 0.274 e. The van der Waals surface area contributed by atoms with E-state index in [1.54, 1.807) is 0 Å². The highest BCUT2D eigenvalue weighted by Crippen LogP contribution is 1.86. The molecule has 0 aromatic carbocycles. The molecule has 1 aliphatic heterocycles. The average molecular weight is 87.1 g/mol. The van der Waals surface area contributed by atoms with Crippen LogP contribution in [-0.2, 0) is 4.84 Å². The summed E-state index contributed by atoms with van der Waals surface area (Å²) in [5, 5.41) is 2.93. The zero-order valence-electron chi connectivity index (χ0n) is 3.64. The third-order valence-corrected chi connectivity index (χ3v) is 0.676. The molecule has 3 heteroatoms. The molecular weight excluding hydrogens is 80.0 g/mol. The molecule has 1 atom stereocenters. The molecule has 0 saturated carbocycles. The Bertz CT molecular complexity index is 42.1. The second-order valence-electron chi connectivity index (χ2n) is 1.24. The standard InChI is InChI=1S/C3H7N2O/c1-3-4-2-5-6-3/h3-4H,2H2,1H3. The lowest BCUT2D eigenvalue weighted by molar-refractivity contribution is 0.0332. The number of hydrogen-bond donors (Lipinski definition) is 1. The van der Waals surface area contributed by atoms with Crippen molar-refractivity contribution in [2.45, 2.75) is 13.2 Å². The topological polar surface area (TPSA) is 35.4 Å². The highest BCUT2D eigenvalue weighted by atomic mass is 16.7. The van der Waals surface area contributed by atoms with E-state index in [1.807, 2.05) is 6.92 Å². The molecule has 1 N–H and O–H groups in total. The van der Waals surface area contributed by atoms with Gasteiger partial charge in [0, 0.05) is 0 Å². The predicted molar refractivity (Wildman–Crippen MR) is 20.7 cm³/mol. The van der Waals surface area contributed by atoms with Gasteiger partial charge in [0.15, 0.2) is 0 Å². The molecule has 1 rings (SSSR count). The molecule has 1 aliphatic rings. The highest BCUT2D eigenvalue weighted by molar-refractivity contribution is 4.46. The first-order chi connectivity index (χ1) is 2.89. The van der Waals surface area contributed by atoms with E-state index in [1.165, 1.54) is 0 Å². The number of nitrogens with zero attached hydrogens (tertiary/aromatic N) is 1. The first-order valence-electron chi connectivity index (χ1n) is 1.95. The van der Waals surface area contributed by atoms with E-state index in [0.29, 0.717) is 6.67 Å². The average Bonchev–Trinajstić information content (AvgIpc) is 1.86. The third kappa shape index (κ3) is 0.680. The Hall–Kier alpha value is -0.120. The van der Waals surface area contributed by atoms with Crippen molar-refractivity contribution in [1.82, 2.24) is 10.8 Å². The third-order valence-electron chi connectivity index (χ3n) is 0.676. The van der Waals surface area contributed by atoms with E-state index in [4.69, 9.17) is 0 Å². The molecular formula is C3H7N2O. The van der Waals surface area contributed by atoms with Gasteiger partial charge in [-0.3, -0.25) is 10.2 Å². The van der Waals surface area contributed by atoms with Crippen molar-refractivity contribution in [2.75, 3.05) is 6.67 Å². The summed E-state index contributed by atoms with van der Waals surface area (Å²) in [5.74, 6) is 0. The summed E-state index contributed by atoms with van der Waals surface area (Å²) in [5.41, 5.74) is 3.55. The molecule has 0 aromatic rings. The van der Waals surface area contributed by atoms with Gasteiger partial charge in [0.2, 0.25) is 0 Å². The second kappa shape index (κ2) is 1.55. The van der Waals surface area contributed by atoms with Crippen molar-refractivity contribution >= 4 is 0 Å². The summed E-state index contributed by atoms with van der Waals surface area (Å²) >= 11 is 0. The van der Waals surface area contributed by atoms with E-state index in [9.17, 15) is 0 Å². The first-order valence-corrected chi connectivity index (χ1v) is 1.95. The fraction of sp³-hybridized carbons (Fsp3) is 1.00. The van der Waals surface area contributed by atoms with Gasteiger partial charge in [0.05, 0.1) is 6.67 Å². The predicted octanol–water partition coefficient (Wildman–Crippen LogP) is -0.571. The van der Waals surface area contributed by atoms with Crippen molar-refractivity contribution in [3.05, 3.63) is 0 Å². The maximum absolute atomic E-state index is 4.67. The summed E-state index contributed by atoms with van der Waals surface area (Å²) in [7, 11) is 0. The van der Waals surface area contributed by atoms with E-state index in [-0.39, 0.29) is 6.23 Å². The highest BCUT2D eigenvalue weighted by Gasteiger charge is 2.06. The van der Waals surface area contributed by atoms with E-state index >= 15 is 0 Å². The van der Waals surface area contributed by atoms with Gasteiger partial charge in [-0.1, -0.05) is 5.48 Å². The fourth-order valence-corrected chi connectivity index (χ4v) is 0.352. The molecule has 1 unspecified atom stereocenters. The van der Waals surface area contributed by atoms with Gasteiger partial charge in [0.1, 0.15) is 6.23 Å². The molecule has 3 nitrogen and oxygen atoms in total. The monoisotopic (exact) mass is 87.1 g/mol. The van der Waals surface area contributed by atoms with Crippen LogP contribution in [0.2, 0.25) is 0 Å². The second-order valence-corrected chi connectivity index (χ2v) is 1.24. The number of hydrogen-bond acceptors (Lipinski definition) is 2. The van der Waals surface area contributed by atoms with Crippen LogP contribution in [0.4, 0.5) is 0 Å². The smallest absolute Gasteiger partial charge is 0.129 e. The zero-order valence-corrected chi connectivity index (χ0v) is 3.64. The van der Waals surface area contributed by atoms with Crippen LogP contribution in [0.1, 0.15) is 6.92 Å². The van der Waals surface area contributed by atoms with Gasteiger partial charge in [0.25, 0.3) is 0 Å². The molecule has 0 amide bonds. The van der Waals surface area contributed by atoms with Crippen LogP contribution in [0.3, 0.4) is 0 Å². The van der Waals surface area contributed by atoms with Crippen LogP contribution in [0, 0.1) is 0 Å². The van der Waals surface area contributed by atoms with Crippen LogP contribution in [-0.4, -0.2) is 12.9 Å². The van der Waals surface area contributed by atoms with Crippen molar-refractivity contribution in [2.24, 2.45) is 0 Å². The Labute approximate surface area is 36.6 Å². The molecule has 6 heavy (non-hydrogen) atoms. The van der Waals surface area contributed by atoms with Gasteiger partial charge in [-0.05, 0) is 6.92 Å². The SMILES string of the molecule is CC1NC[N]O1. The summed E-state index contributed by atoms with van der Waals surface area (Å²) < 4.78 is 0. The Kier molecular flexibility index (Phi) is 1.05. The van der Waals surface area contributed by atoms with Crippen LogP contribution in [0.15, 0.2) is 0 Å². The molecule has 0 aliphatic carbocycles. The van der Waals surface area contributed by atoms with Gasteiger partial charge in [-0.25, -0.2) is 0 Å². The van der Waals surface area contributed by atoms with Crippen molar-refractivity contribution in [1.29, 1.82) is 0 Å². The minimum atomic E-state index is 0.130. The van der Waals surface area contributed by atoms with Gasteiger partial charge in [-0.2, -0.15) is 0 Å². The van der Waals surface area contributed by atoms with Gasteiger partial charge >= 0.3 is 0 Å². The summed E-state index contributed by atoms with van der Waals surface area (Å²) in [6.07, 6.45) is 0.130. The lowest BCUT2D eigenvalue weighted by Gasteiger charge is -1.92. The first kappa shape index (κ1) is 4.05. The van der Waals surface area contributed by atoms with Gasteiger partial charge < -0.3 is 0 Å². The minimum absolute atomic E-state index is 0.130. The molecule has 1 heterocycles. The fourth-order valence-electron chi connectivity index (χ4n) is 0.352. The molecule has 1 radical (unpaired) electrons. The Morgan fingerprint density at radius 1 is 2.00 bits per heavy atom. The zero-order chi connectivity index (χ0) is 4.41. The van der Waals surface area contributed by atoms with E-state index in [0.717, 1.165) is 0 Å². The quantitative estimate of drug-likeness (QED) is 0.429. The Morgan fingerprint density at radius 3 is 3.00 bits per heavy atom. The van der Waals surface area contributed by atoms with E-state index in [2.05, 4.69) is 15.6 Å². The van der Waals surface area contributed by atoms with Crippen molar-refractivity contribution in [3.8, 4) is 0 Å². The maximum Gasteiger partial charge on any atom is 0.129 e. The molecule has 0 aromatic heterocycles. The summed E-state index contributed by atoms with van der Waals surface area (Å²) in [6.45, 7) is 2.55. The minimum Gasteiger partial charge on any atom is -0.274 e. The van der Waals surface area contributed by atoms with Crippen LogP contribution < -0.4 is 10.8 Å². The normalized spacial score (nSPS) is 34.5. The lowest BCUT2D eigenvalue weighted by atomic mass is 10.7. The molecule has 0 spiro atoms. The van der Waals surface area contributed by atoms with Crippen LogP contribution >= 0.6 is 0 Å². The molecule has 35 valence electrons. The molecule has 1 fully saturated rings. The van der Waals surface area contributed by atoms with E-state index < -0.39 is 0 Å². The number of rotatable bonds is 0. The maximum atomic E-state index is 4.67. The van der Waals surface area contributed by atoms with Crippen LogP contribution in [0.25, 0.3) is 0 Å². The lowest BCUT2D eigenvalue weighted by Crippen LogP contribution is -2.17. The van der Waals surface area contributed by atoms with Crippen LogP contribution in [0.5, 0.6) is 0 Å². The number of nitrogens with one attached hydrogen (secondary N) is 1. The van der Waals surface area contributed by atoms with Crippen molar-refractivity contribution < 1.29 is 4.84 Å². The molecule has 1 saturated heterocycles. The molecule has 0 bridgehead atoms. The summed E-state index contributed by atoms with van der Waals surface area (Å²) in [6, 6.07) is 0. The Morgan fingerprint density at radius 2 is 2.83 bits per heavy atom. The summed E-state index contributed by atoms with van der Waals surface area (Å²) in [4.78, 5) is 4.67. The number of hydroxylamine groups is 1. The van der Waals surface area contributed by atoms with Gasteiger partial charge in [-0.15, -0.1) is 0 Å².